The van der Waals surface area contributed by atoms with E-state index in [1.165, 1.54) is 6.42 Å². The molecule has 54 valence electrons. The first-order valence-electron chi connectivity index (χ1n) is 3.56. The fourth-order valence-corrected chi connectivity index (χ4v) is 1.30. The van der Waals surface area contributed by atoms with E-state index in [-0.39, 0.29) is 0 Å². The average Bonchev–Trinajstić information content (AvgIpc) is 2.46. The molecule has 0 aliphatic heterocycles. The molecule has 1 rings (SSSR count). The summed E-state index contributed by atoms with van der Waals surface area (Å²) < 4.78 is 0. The van der Waals surface area contributed by atoms with E-state index in [1.54, 1.807) is 0 Å². The quantitative estimate of drug-likeness (QED) is 0.567. The Hall–Kier alpha value is -0.0800. The van der Waals surface area contributed by atoms with Gasteiger partial charge in [0.15, 0.2) is 0 Å². The molecule has 1 aliphatic rings. The van der Waals surface area contributed by atoms with Gasteiger partial charge in [0, 0.05) is 5.54 Å². The van der Waals surface area contributed by atoms with Crippen molar-refractivity contribution >= 4 is 0 Å². The fourth-order valence-electron chi connectivity index (χ4n) is 1.30. The maximum Gasteiger partial charge on any atom is 0.0195 e. The second-order valence-electron chi connectivity index (χ2n) is 3.13. The Labute approximate surface area is 57.0 Å². The van der Waals surface area contributed by atoms with Crippen molar-refractivity contribution in [2.24, 2.45) is 5.92 Å². The van der Waals surface area contributed by atoms with E-state index < -0.39 is 0 Å². The van der Waals surface area contributed by atoms with Crippen LogP contribution in [-0.2, 0) is 0 Å². The summed E-state index contributed by atoms with van der Waals surface area (Å²) in [7, 11) is 4.05. The molecule has 2 N–H and O–H groups in total. The first-order valence-corrected chi connectivity index (χ1v) is 3.56. The molecule has 0 unspecified atom stereocenters. The third kappa shape index (κ3) is 1.25. The van der Waals surface area contributed by atoms with Crippen LogP contribution in [0.15, 0.2) is 0 Å². The molecule has 0 heterocycles. The van der Waals surface area contributed by atoms with Crippen molar-refractivity contribution in [3.63, 3.8) is 0 Å². The van der Waals surface area contributed by atoms with E-state index in [1.807, 2.05) is 14.1 Å². The molecule has 0 amide bonds. The maximum atomic E-state index is 3.31. The van der Waals surface area contributed by atoms with Gasteiger partial charge >= 0.3 is 0 Å². The lowest BCUT2D eigenvalue weighted by molar-refractivity contribution is 0.527. The highest BCUT2D eigenvalue weighted by Gasteiger charge is 2.47. The SMILES string of the molecule is CNC[C@@H]1C[C@@]1(C)NC. The molecular weight excluding hydrogens is 112 g/mol. The fraction of sp³-hybridized carbons (Fsp3) is 1.00. The van der Waals surface area contributed by atoms with Crippen molar-refractivity contribution in [1.29, 1.82) is 0 Å². The lowest BCUT2D eigenvalue weighted by Gasteiger charge is -2.07. The summed E-state index contributed by atoms with van der Waals surface area (Å²) in [4.78, 5) is 0. The van der Waals surface area contributed by atoms with Crippen molar-refractivity contribution in [3.8, 4) is 0 Å². The van der Waals surface area contributed by atoms with Crippen molar-refractivity contribution in [2.75, 3.05) is 20.6 Å². The van der Waals surface area contributed by atoms with Gasteiger partial charge in [-0.2, -0.15) is 0 Å². The van der Waals surface area contributed by atoms with Crippen LogP contribution in [0.3, 0.4) is 0 Å². The van der Waals surface area contributed by atoms with Crippen LogP contribution in [0.25, 0.3) is 0 Å². The molecule has 0 saturated heterocycles. The number of rotatable bonds is 3. The van der Waals surface area contributed by atoms with Crippen molar-refractivity contribution in [3.05, 3.63) is 0 Å². The summed E-state index contributed by atoms with van der Waals surface area (Å²) in [6.07, 6.45) is 1.32. The van der Waals surface area contributed by atoms with Crippen LogP contribution >= 0.6 is 0 Å². The van der Waals surface area contributed by atoms with Crippen molar-refractivity contribution < 1.29 is 0 Å². The zero-order chi connectivity index (χ0) is 6.91. The number of nitrogens with one attached hydrogen (secondary N) is 2. The number of hydrogen-bond donors (Lipinski definition) is 2. The van der Waals surface area contributed by atoms with Crippen LogP contribution in [0, 0.1) is 5.92 Å². The molecule has 0 aromatic carbocycles. The van der Waals surface area contributed by atoms with Crippen LogP contribution in [0.5, 0.6) is 0 Å². The van der Waals surface area contributed by atoms with E-state index in [9.17, 15) is 0 Å². The average molecular weight is 128 g/mol. The minimum atomic E-state index is 0.447. The first kappa shape index (κ1) is 7.03. The second kappa shape index (κ2) is 2.27. The highest BCUT2D eigenvalue weighted by atomic mass is 15.0. The predicted molar refractivity (Wildman–Crippen MR) is 39.5 cm³/mol. The Morgan fingerprint density at radius 2 is 2.22 bits per heavy atom. The monoisotopic (exact) mass is 128 g/mol. The highest BCUT2D eigenvalue weighted by molar-refractivity contribution is 5.06. The minimum absolute atomic E-state index is 0.447. The molecule has 0 aromatic heterocycles. The largest absolute Gasteiger partial charge is 0.319 e. The van der Waals surface area contributed by atoms with Gasteiger partial charge in [0.05, 0.1) is 0 Å². The Kier molecular flexibility index (Phi) is 1.78. The summed E-state index contributed by atoms with van der Waals surface area (Å²) in [5, 5.41) is 6.49. The molecule has 0 radical (unpaired) electrons. The highest BCUT2D eigenvalue weighted by Crippen LogP contribution is 2.41. The lowest BCUT2D eigenvalue weighted by Crippen LogP contribution is -2.28. The van der Waals surface area contributed by atoms with Crippen molar-refractivity contribution in [2.45, 2.75) is 18.9 Å². The lowest BCUT2D eigenvalue weighted by atomic mass is 10.2. The van der Waals surface area contributed by atoms with Gasteiger partial charge in [-0.25, -0.2) is 0 Å². The molecule has 1 fully saturated rings. The van der Waals surface area contributed by atoms with Crippen LogP contribution < -0.4 is 10.6 Å². The summed E-state index contributed by atoms with van der Waals surface area (Å²) >= 11 is 0. The molecule has 0 aromatic rings. The van der Waals surface area contributed by atoms with Crippen LogP contribution in [0.2, 0.25) is 0 Å². The topological polar surface area (TPSA) is 24.1 Å². The van der Waals surface area contributed by atoms with E-state index in [0.717, 1.165) is 12.5 Å². The van der Waals surface area contributed by atoms with Crippen LogP contribution in [-0.4, -0.2) is 26.2 Å². The smallest absolute Gasteiger partial charge is 0.0195 e. The molecule has 9 heavy (non-hydrogen) atoms. The summed E-state index contributed by atoms with van der Waals surface area (Å²) in [5.74, 6) is 0.854. The van der Waals surface area contributed by atoms with Crippen molar-refractivity contribution in [1.82, 2.24) is 10.6 Å². The van der Waals surface area contributed by atoms with Gasteiger partial charge in [0.1, 0.15) is 0 Å². The van der Waals surface area contributed by atoms with Gasteiger partial charge in [0.2, 0.25) is 0 Å². The van der Waals surface area contributed by atoms with Gasteiger partial charge in [-0.05, 0) is 39.9 Å². The van der Waals surface area contributed by atoms with Gasteiger partial charge in [-0.15, -0.1) is 0 Å². The first-order chi connectivity index (χ1) is 4.23. The molecule has 1 aliphatic carbocycles. The standard InChI is InChI=1S/C7H16N2/c1-7(9-3)4-6(7)5-8-2/h6,8-9H,4-5H2,1-3H3/t6-,7+/m0/s1. The minimum Gasteiger partial charge on any atom is -0.319 e. The molecule has 0 bridgehead atoms. The Bertz CT molecular complexity index is 101. The molecule has 2 heteroatoms. The van der Waals surface area contributed by atoms with Crippen LogP contribution in [0.4, 0.5) is 0 Å². The maximum absolute atomic E-state index is 3.31. The zero-order valence-corrected chi connectivity index (χ0v) is 6.49. The van der Waals surface area contributed by atoms with Crippen LogP contribution in [0.1, 0.15) is 13.3 Å². The number of hydrogen-bond acceptors (Lipinski definition) is 2. The Morgan fingerprint density at radius 3 is 2.56 bits per heavy atom. The third-order valence-electron chi connectivity index (χ3n) is 2.43. The Balaban J connectivity index is 2.22. The van der Waals surface area contributed by atoms with E-state index in [4.69, 9.17) is 0 Å². The molecule has 1 saturated carbocycles. The van der Waals surface area contributed by atoms with Gasteiger partial charge in [0.25, 0.3) is 0 Å². The van der Waals surface area contributed by atoms with E-state index >= 15 is 0 Å². The summed E-state index contributed by atoms with van der Waals surface area (Å²) in [6.45, 7) is 3.42. The molecule has 2 atom stereocenters. The third-order valence-corrected chi connectivity index (χ3v) is 2.43. The predicted octanol–water partition coefficient (Wildman–Crippen LogP) is 0.204. The molecular formula is C7H16N2. The second-order valence-corrected chi connectivity index (χ2v) is 3.13. The van der Waals surface area contributed by atoms with Gasteiger partial charge in [-0.1, -0.05) is 0 Å². The Morgan fingerprint density at radius 1 is 1.56 bits per heavy atom. The van der Waals surface area contributed by atoms with Gasteiger partial charge < -0.3 is 10.6 Å². The summed E-state index contributed by atoms with van der Waals surface area (Å²) in [5.41, 5.74) is 0.447. The van der Waals surface area contributed by atoms with Gasteiger partial charge in [-0.3, -0.25) is 0 Å². The zero-order valence-electron chi connectivity index (χ0n) is 6.49. The summed E-state index contributed by atoms with van der Waals surface area (Å²) in [6, 6.07) is 0. The molecule has 2 nitrogen and oxygen atoms in total. The van der Waals surface area contributed by atoms with E-state index in [0.29, 0.717) is 5.54 Å². The normalized spacial score (nSPS) is 41.0. The van der Waals surface area contributed by atoms with E-state index in [2.05, 4.69) is 17.6 Å². The molecule has 0 spiro atoms.